The molecule has 0 heterocycles. The van der Waals surface area contributed by atoms with Crippen molar-refractivity contribution >= 4 is 0 Å². The molecule has 0 spiro atoms. The molecule has 0 saturated carbocycles. The zero-order valence-electron chi connectivity index (χ0n) is 13.3. The van der Waals surface area contributed by atoms with Gasteiger partial charge in [0.25, 0.3) is 0 Å². The van der Waals surface area contributed by atoms with Gasteiger partial charge >= 0.3 is 0 Å². The first-order chi connectivity index (χ1) is 9.36. The maximum Gasteiger partial charge on any atom is 0.0104 e. The number of hydrogen-bond acceptors (Lipinski definition) is 1. The predicted octanol–water partition coefficient (Wildman–Crippen LogP) is 5.61. The van der Waals surface area contributed by atoms with Crippen molar-refractivity contribution in [1.82, 2.24) is 5.32 Å². The number of nitrogens with one attached hydrogen (secondary N) is 1. The van der Waals surface area contributed by atoms with Gasteiger partial charge in [-0.3, -0.25) is 0 Å². The summed E-state index contributed by atoms with van der Waals surface area (Å²) in [7, 11) is 0. The second kappa shape index (κ2) is 11.5. The highest BCUT2D eigenvalue weighted by Crippen LogP contribution is 2.23. The molecule has 0 amide bonds. The molecule has 0 aromatic carbocycles. The number of rotatable bonds is 11. The van der Waals surface area contributed by atoms with Crippen molar-refractivity contribution in [2.75, 3.05) is 6.54 Å². The average molecular weight is 265 g/mol. The molecule has 0 aromatic heterocycles. The Hall–Kier alpha value is -0.300. The molecule has 1 aliphatic carbocycles. The molecule has 112 valence electrons. The third-order valence-corrected chi connectivity index (χ3v) is 4.29. The monoisotopic (exact) mass is 265 g/mol. The molecular formula is C18H35N. The Bertz CT molecular complexity index is 232. The summed E-state index contributed by atoms with van der Waals surface area (Å²) in [4.78, 5) is 0. The Balaban J connectivity index is 2.14. The molecular weight excluding hydrogens is 230 g/mol. The summed E-state index contributed by atoms with van der Waals surface area (Å²) in [5.74, 6) is 0. The minimum Gasteiger partial charge on any atom is -0.314 e. The zero-order valence-corrected chi connectivity index (χ0v) is 13.3. The van der Waals surface area contributed by atoms with E-state index >= 15 is 0 Å². The molecule has 1 rings (SSSR count). The van der Waals surface area contributed by atoms with Crippen molar-refractivity contribution in [2.45, 2.75) is 96.9 Å². The van der Waals surface area contributed by atoms with Crippen LogP contribution < -0.4 is 5.32 Å². The highest BCUT2D eigenvalue weighted by atomic mass is 14.9. The average Bonchev–Trinajstić information content (AvgIpc) is 2.44. The first kappa shape index (κ1) is 16.8. The van der Waals surface area contributed by atoms with Crippen molar-refractivity contribution < 1.29 is 0 Å². The van der Waals surface area contributed by atoms with Crippen LogP contribution in [0.25, 0.3) is 0 Å². The Kier molecular flexibility index (Phi) is 10.2. The van der Waals surface area contributed by atoms with Gasteiger partial charge in [-0.15, -0.1) is 0 Å². The van der Waals surface area contributed by atoms with Crippen LogP contribution >= 0.6 is 0 Å². The predicted molar refractivity (Wildman–Crippen MR) is 86.6 cm³/mol. The molecule has 0 aromatic rings. The highest BCUT2D eigenvalue weighted by molar-refractivity contribution is 5.07. The minimum absolute atomic E-state index is 0.737. The highest BCUT2D eigenvalue weighted by Gasteiger charge is 2.11. The molecule has 0 fully saturated rings. The van der Waals surface area contributed by atoms with Gasteiger partial charge < -0.3 is 5.32 Å². The first-order valence-electron chi connectivity index (χ1n) is 8.78. The first-order valence-corrected chi connectivity index (χ1v) is 8.78. The van der Waals surface area contributed by atoms with Crippen molar-refractivity contribution in [1.29, 1.82) is 0 Å². The van der Waals surface area contributed by atoms with Crippen molar-refractivity contribution in [2.24, 2.45) is 0 Å². The maximum atomic E-state index is 3.69. The van der Waals surface area contributed by atoms with Gasteiger partial charge in [0.2, 0.25) is 0 Å². The van der Waals surface area contributed by atoms with E-state index in [9.17, 15) is 0 Å². The van der Waals surface area contributed by atoms with E-state index in [4.69, 9.17) is 0 Å². The van der Waals surface area contributed by atoms with Crippen LogP contribution in [0.5, 0.6) is 0 Å². The molecule has 0 bridgehead atoms. The number of hydrogen-bond donors (Lipinski definition) is 1. The van der Waals surface area contributed by atoms with Gasteiger partial charge in [-0.25, -0.2) is 0 Å². The summed E-state index contributed by atoms with van der Waals surface area (Å²) in [6, 6.07) is 0.737. The Labute approximate surface area is 121 Å². The Morgan fingerprint density at radius 3 is 2.53 bits per heavy atom. The zero-order chi connectivity index (χ0) is 13.8. The van der Waals surface area contributed by atoms with Gasteiger partial charge in [0, 0.05) is 6.04 Å². The molecule has 0 aliphatic heterocycles. The molecule has 1 unspecified atom stereocenters. The fraction of sp³-hybridized carbons (Fsp3) is 0.889. The number of unbranched alkanes of at least 4 members (excludes halogenated alkanes) is 5. The Morgan fingerprint density at radius 1 is 1.05 bits per heavy atom. The van der Waals surface area contributed by atoms with Crippen LogP contribution in [0.15, 0.2) is 11.6 Å². The second-order valence-corrected chi connectivity index (χ2v) is 6.12. The molecule has 1 aliphatic rings. The van der Waals surface area contributed by atoms with Crippen LogP contribution in [0.4, 0.5) is 0 Å². The summed E-state index contributed by atoms with van der Waals surface area (Å²) < 4.78 is 0. The summed E-state index contributed by atoms with van der Waals surface area (Å²) in [6.07, 6.45) is 19.2. The SMILES string of the molecule is CCCCCCCCC(CC1=CCCCC1)NCC. The fourth-order valence-electron chi connectivity index (χ4n) is 3.14. The molecule has 0 radical (unpaired) electrons. The lowest BCUT2D eigenvalue weighted by Crippen LogP contribution is -2.29. The van der Waals surface area contributed by atoms with Crippen LogP contribution in [-0.4, -0.2) is 12.6 Å². The van der Waals surface area contributed by atoms with Crippen molar-refractivity contribution in [3.8, 4) is 0 Å². The quantitative estimate of drug-likeness (QED) is 0.378. The van der Waals surface area contributed by atoms with Crippen LogP contribution in [-0.2, 0) is 0 Å². The topological polar surface area (TPSA) is 12.0 Å². The van der Waals surface area contributed by atoms with E-state index in [2.05, 4.69) is 25.2 Å². The van der Waals surface area contributed by atoms with Crippen LogP contribution in [0.2, 0.25) is 0 Å². The van der Waals surface area contributed by atoms with Gasteiger partial charge in [-0.1, -0.05) is 64.0 Å². The van der Waals surface area contributed by atoms with Crippen molar-refractivity contribution in [3.63, 3.8) is 0 Å². The van der Waals surface area contributed by atoms with Crippen molar-refractivity contribution in [3.05, 3.63) is 11.6 Å². The van der Waals surface area contributed by atoms with Crippen LogP contribution in [0.3, 0.4) is 0 Å². The van der Waals surface area contributed by atoms with Gasteiger partial charge in [0.15, 0.2) is 0 Å². The summed E-state index contributed by atoms with van der Waals surface area (Å²) in [5.41, 5.74) is 1.73. The fourth-order valence-corrected chi connectivity index (χ4v) is 3.14. The smallest absolute Gasteiger partial charge is 0.0104 e. The van der Waals surface area contributed by atoms with Gasteiger partial charge in [0.05, 0.1) is 0 Å². The summed E-state index contributed by atoms with van der Waals surface area (Å²) in [6.45, 7) is 5.65. The second-order valence-electron chi connectivity index (χ2n) is 6.12. The Morgan fingerprint density at radius 2 is 1.84 bits per heavy atom. The number of allylic oxidation sites excluding steroid dienone is 1. The molecule has 1 nitrogen and oxygen atoms in total. The van der Waals surface area contributed by atoms with Crippen LogP contribution in [0.1, 0.15) is 90.9 Å². The minimum atomic E-state index is 0.737. The normalized spacial score (nSPS) is 17.3. The lowest BCUT2D eigenvalue weighted by molar-refractivity contribution is 0.450. The molecule has 1 heteroatoms. The van der Waals surface area contributed by atoms with E-state index < -0.39 is 0 Å². The largest absolute Gasteiger partial charge is 0.314 e. The van der Waals surface area contributed by atoms with E-state index in [0.717, 1.165) is 12.6 Å². The van der Waals surface area contributed by atoms with E-state index in [0.29, 0.717) is 0 Å². The van der Waals surface area contributed by atoms with E-state index in [1.165, 1.54) is 77.0 Å². The van der Waals surface area contributed by atoms with E-state index in [-0.39, 0.29) is 0 Å². The summed E-state index contributed by atoms with van der Waals surface area (Å²) >= 11 is 0. The third-order valence-electron chi connectivity index (χ3n) is 4.29. The maximum absolute atomic E-state index is 3.69. The van der Waals surface area contributed by atoms with Gasteiger partial charge in [-0.2, -0.15) is 0 Å². The summed E-state index contributed by atoms with van der Waals surface area (Å²) in [5, 5.41) is 3.69. The molecule has 19 heavy (non-hydrogen) atoms. The standard InChI is InChI=1S/C18H35N/c1-3-5-6-7-8-12-15-18(19-4-2)16-17-13-10-9-11-14-17/h13,18-19H,3-12,14-16H2,1-2H3. The van der Waals surface area contributed by atoms with Gasteiger partial charge in [-0.05, 0) is 45.1 Å². The molecule has 0 saturated heterocycles. The third kappa shape index (κ3) is 8.47. The lowest BCUT2D eigenvalue weighted by Gasteiger charge is -2.21. The van der Waals surface area contributed by atoms with Gasteiger partial charge in [0.1, 0.15) is 0 Å². The molecule has 1 atom stereocenters. The van der Waals surface area contributed by atoms with E-state index in [1.807, 2.05) is 0 Å². The lowest BCUT2D eigenvalue weighted by atomic mass is 9.92. The molecule has 1 N–H and O–H groups in total. The van der Waals surface area contributed by atoms with Crippen LogP contribution in [0, 0.1) is 0 Å². The van der Waals surface area contributed by atoms with E-state index in [1.54, 1.807) is 5.57 Å².